The summed E-state index contributed by atoms with van der Waals surface area (Å²) in [7, 11) is 1.69. The minimum atomic E-state index is 0.624. The Balaban J connectivity index is 2.19. The summed E-state index contributed by atoms with van der Waals surface area (Å²) >= 11 is 5.63. The van der Waals surface area contributed by atoms with Gasteiger partial charge in [-0.15, -0.1) is 11.6 Å². The first-order valence-corrected chi connectivity index (χ1v) is 7.22. The van der Waals surface area contributed by atoms with Gasteiger partial charge in [-0.25, -0.2) is 0 Å². The molecule has 0 spiro atoms. The molecule has 2 aromatic rings. The van der Waals surface area contributed by atoms with Crippen molar-refractivity contribution in [3.63, 3.8) is 0 Å². The van der Waals surface area contributed by atoms with E-state index in [1.165, 1.54) is 5.56 Å². The van der Waals surface area contributed by atoms with Gasteiger partial charge in [-0.3, -0.25) is 0 Å². The molecule has 3 heteroatoms. The topological polar surface area (TPSA) is 18.5 Å². The molecule has 0 aromatic heterocycles. The first kappa shape index (κ1) is 14.7. The maximum absolute atomic E-state index is 5.63. The molecule has 0 radical (unpaired) electrons. The predicted octanol–water partition coefficient (Wildman–Crippen LogP) is 4.68. The van der Waals surface area contributed by atoms with E-state index in [2.05, 4.69) is 13.0 Å². The number of methoxy groups -OCH3 is 1. The third kappa shape index (κ3) is 3.67. The highest BCUT2D eigenvalue weighted by atomic mass is 35.5. The SMILES string of the molecule is COc1ccc(C)cc1-c1ccc(OCCCCl)cc1. The van der Waals surface area contributed by atoms with Gasteiger partial charge in [0.05, 0.1) is 13.7 Å². The molecule has 2 rings (SSSR count). The first-order chi connectivity index (χ1) is 9.74. The Morgan fingerprint density at radius 3 is 2.45 bits per heavy atom. The maximum atomic E-state index is 5.63. The molecule has 2 aromatic carbocycles. The van der Waals surface area contributed by atoms with Gasteiger partial charge in [0, 0.05) is 11.4 Å². The third-order valence-corrected chi connectivity index (χ3v) is 3.33. The van der Waals surface area contributed by atoms with Crippen LogP contribution in [0.3, 0.4) is 0 Å². The summed E-state index contributed by atoms with van der Waals surface area (Å²) < 4.78 is 11.0. The Bertz CT molecular complexity index is 549. The molecule has 0 N–H and O–H groups in total. The number of rotatable bonds is 6. The van der Waals surface area contributed by atoms with Crippen LogP contribution in [0, 0.1) is 6.92 Å². The van der Waals surface area contributed by atoms with Crippen LogP contribution < -0.4 is 9.47 Å². The van der Waals surface area contributed by atoms with Gasteiger partial charge in [0.1, 0.15) is 11.5 Å². The molecule has 106 valence electrons. The van der Waals surface area contributed by atoms with Gasteiger partial charge >= 0.3 is 0 Å². The summed E-state index contributed by atoms with van der Waals surface area (Å²) in [5, 5.41) is 0. The lowest BCUT2D eigenvalue weighted by atomic mass is 10.0. The summed E-state index contributed by atoms with van der Waals surface area (Å²) in [6.45, 7) is 2.73. The quantitative estimate of drug-likeness (QED) is 0.568. The molecule has 0 bridgehead atoms. The average molecular weight is 291 g/mol. The Labute approximate surface area is 125 Å². The molecule has 0 heterocycles. The standard InChI is InChI=1S/C17H19ClO2/c1-13-4-9-17(19-2)16(12-13)14-5-7-15(8-6-14)20-11-3-10-18/h4-9,12H,3,10-11H2,1-2H3. The molecule has 0 amide bonds. The van der Waals surface area contributed by atoms with E-state index in [1.54, 1.807) is 7.11 Å². The van der Waals surface area contributed by atoms with Crippen LogP contribution in [0.4, 0.5) is 0 Å². The zero-order valence-corrected chi connectivity index (χ0v) is 12.6. The van der Waals surface area contributed by atoms with Crippen molar-refractivity contribution in [2.75, 3.05) is 19.6 Å². The molecule has 0 aliphatic rings. The van der Waals surface area contributed by atoms with E-state index < -0.39 is 0 Å². The van der Waals surface area contributed by atoms with Crippen LogP contribution in [0.1, 0.15) is 12.0 Å². The monoisotopic (exact) mass is 290 g/mol. The Hall–Kier alpha value is -1.67. The van der Waals surface area contributed by atoms with E-state index >= 15 is 0 Å². The highest BCUT2D eigenvalue weighted by Gasteiger charge is 2.06. The molecule has 0 atom stereocenters. The zero-order chi connectivity index (χ0) is 14.4. The lowest BCUT2D eigenvalue weighted by Crippen LogP contribution is -1.97. The second kappa shape index (κ2) is 7.20. The summed E-state index contributed by atoms with van der Waals surface area (Å²) in [5.41, 5.74) is 3.43. The fourth-order valence-corrected chi connectivity index (χ4v) is 2.13. The van der Waals surface area contributed by atoms with Crippen molar-refractivity contribution in [1.82, 2.24) is 0 Å². The van der Waals surface area contributed by atoms with E-state index in [4.69, 9.17) is 21.1 Å². The fraction of sp³-hybridized carbons (Fsp3) is 0.294. The number of halogens is 1. The van der Waals surface area contributed by atoms with Crippen molar-refractivity contribution in [2.45, 2.75) is 13.3 Å². The van der Waals surface area contributed by atoms with E-state index in [1.807, 2.05) is 36.4 Å². The van der Waals surface area contributed by atoms with Crippen molar-refractivity contribution in [3.05, 3.63) is 48.0 Å². The number of benzene rings is 2. The van der Waals surface area contributed by atoms with Crippen molar-refractivity contribution in [2.24, 2.45) is 0 Å². The van der Waals surface area contributed by atoms with Gasteiger partial charge in [0.2, 0.25) is 0 Å². The van der Waals surface area contributed by atoms with Gasteiger partial charge in [-0.2, -0.15) is 0 Å². The van der Waals surface area contributed by atoms with Gasteiger partial charge < -0.3 is 9.47 Å². The third-order valence-electron chi connectivity index (χ3n) is 3.07. The van der Waals surface area contributed by atoms with Gasteiger partial charge in [-0.05, 0) is 43.2 Å². The average Bonchev–Trinajstić information content (AvgIpc) is 2.48. The van der Waals surface area contributed by atoms with E-state index in [9.17, 15) is 0 Å². The molecule has 0 saturated heterocycles. The zero-order valence-electron chi connectivity index (χ0n) is 11.9. The van der Waals surface area contributed by atoms with Crippen molar-refractivity contribution in [1.29, 1.82) is 0 Å². The van der Waals surface area contributed by atoms with E-state index in [0.29, 0.717) is 12.5 Å². The van der Waals surface area contributed by atoms with Crippen molar-refractivity contribution >= 4 is 11.6 Å². The first-order valence-electron chi connectivity index (χ1n) is 6.68. The maximum Gasteiger partial charge on any atom is 0.126 e. The molecule has 0 aliphatic carbocycles. The molecular formula is C17H19ClO2. The molecule has 0 unspecified atom stereocenters. The largest absolute Gasteiger partial charge is 0.496 e. The number of hydrogen-bond donors (Lipinski definition) is 0. The van der Waals surface area contributed by atoms with E-state index in [0.717, 1.165) is 29.0 Å². The van der Waals surface area contributed by atoms with Crippen molar-refractivity contribution < 1.29 is 9.47 Å². The minimum Gasteiger partial charge on any atom is -0.496 e. The van der Waals surface area contributed by atoms with Crippen LogP contribution in [0.5, 0.6) is 11.5 Å². The predicted molar refractivity (Wildman–Crippen MR) is 84.0 cm³/mol. The highest BCUT2D eigenvalue weighted by molar-refractivity contribution is 6.17. The summed E-state index contributed by atoms with van der Waals surface area (Å²) in [4.78, 5) is 0. The van der Waals surface area contributed by atoms with Crippen LogP contribution in [-0.2, 0) is 0 Å². The van der Waals surface area contributed by atoms with Crippen LogP contribution in [0.2, 0.25) is 0 Å². The molecular weight excluding hydrogens is 272 g/mol. The fourth-order valence-electron chi connectivity index (χ4n) is 2.02. The van der Waals surface area contributed by atoms with Gasteiger partial charge in [0.25, 0.3) is 0 Å². The summed E-state index contributed by atoms with van der Waals surface area (Å²) in [6, 6.07) is 14.2. The molecule has 2 nitrogen and oxygen atoms in total. The molecule has 0 fully saturated rings. The molecule has 0 saturated carbocycles. The number of alkyl halides is 1. The number of hydrogen-bond acceptors (Lipinski definition) is 2. The van der Waals surface area contributed by atoms with Gasteiger partial charge in [-0.1, -0.05) is 23.8 Å². The summed E-state index contributed by atoms with van der Waals surface area (Å²) in [5.74, 6) is 2.37. The van der Waals surface area contributed by atoms with Crippen LogP contribution in [0.25, 0.3) is 11.1 Å². The minimum absolute atomic E-state index is 0.624. The van der Waals surface area contributed by atoms with Gasteiger partial charge in [0.15, 0.2) is 0 Å². The Morgan fingerprint density at radius 2 is 1.80 bits per heavy atom. The number of aryl methyl sites for hydroxylation is 1. The molecule has 20 heavy (non-hydrogen) atoms. The highest BCUT2D eigenvalue weighted by Crippen LogP contribution is 2.31. The van der Waals surface area contributed by atoms with Crippen LogP contribution >= 0.6 is 11.6 Å². The van der Waals surface area contributed by atoms with E-state index in [-0.39, 0.29) is 0 Å². The normalized spacial score (nSPS) is 10.3. The van der Waals surface area contributed by atoms with Crippen LogP contribution in [-0.4, -0.2) is 19.6 Å². The second-order valence-corrected chi connectivity index (χ2v) is 5.00. The molecule has 0 aliphatic heterocycles. The smallest absolute Gasteiger partial charge is 0.126 e. The lowest BCUT2D eigenvalue weighted by Gasteiger charge is -2.11. The summed E-state index contributed by atoms with van der Waals surface area (Å²) in [6.07, 6.45) is 0.856. The Morgan fingerprint density at radius 1 is 1.05 bits per heavy atom. The Kier molecular flexibility index (Phi) is 5.31. The van der Waals surface area contributed by atoms with Crippen LogP contribution in [0.15, 0.2) is 42.5 Å². The lowest BCUT2D eigenvalue weighted by molar-refractivity contribution is 0.318. The number of ether oxygens (including phenoxy) is 2. The second-order valence-electron chi connectivity index (χ2n) is 4.62. The van der Waals surface area contributed by atoms with Crippen molar-refractivity contribution in [3.8, 4) is 22.6 Å².